The summed E-state index contributed by atoms with van der Waals surface area (Å²) in [7, 11) is 4.08. The van der Waals surface area contributed by atoms with Crippen molar-refractivity contribution in [3.05, 3.63) is 83.9 Å². The Bertz CT molecular complexity index is 1290. The Balaban J connectivity index is 1.78. The summed E-state index contributed by atoms with van der Waals surface area (Å²) in [5, 5.41) is 19.7. The van der Waals surface area contributed by atoms with Crippen LogP contribution in [0.1, 0.15) is 11.1 Å². The molecule has 32 heavy (non-hydrogen) atoms. The van der Waals surface area contributed by atoms with Gasteiger partial charge in [0.05, 0.1) is 4.88 Å². The molecule has 0 radical (unpaired) electrons. The van der Waals surface area contributed by atoms with E-state index in [4.69, 9.17) is 9.84 Å². The maximum absolute atomic E-state index is 10.7. The van der Waals surface area contributed by atoms with Gasteiger partial charge in [0.1, 0.15) is 11.5 Å². The van der Waals surface area contributed by atoms with E-state index in [1.165, 1.54) is 11.6 Å². The highest BCUT2D eigenvalue weighted by atomic mass is 32.1. The van der Waals surface area contributed by atoms with Crippen molar-refractivity contribution >= 4 is 33.5 Å². The molecule has 0 spiro atoms. The number of rotatable bonds is 7. The second kappa shape index (κ2) is 9.26. The molecule has 5 nitrogen and oxygen atoms in total. The number of ether oxygens (including phenoxy) is 1. The van der Waals surface area contributed by atoms with E-state index in [0.29, 0.717) is 5.75 Å². The summed E-state index contributed by atoms with van der Waals surface area (Å²) in [4.78, 5) is 13.9. The zero-order chi connectivity index (χ0) is 22.7. The second-order valence-electron chi connectivity index (χ2n) is 7.68. The molecule has 0 bridgehead atoms. The minimum Gasteiger partial charge on any atom is -0.508 e. The summed E-state index contributed by atoms with van der Waals surface area (Å²) in [5.41, 5.74) is 3.06. The molecule has 0 saturated heterocycles. The average molecular weight is 446 g/mol. The molecule has 0 fully saturated rings. The number of fused-ring (bicyclic) bond motifs is 1. The van der Waals surface area contributed by atoms with Gasteiger partial charge in [-0.05, 0) is 67.2 Å². The van der Waals surface area contributed by atoms with Crippen molar-refractivity contribution in [3.8, 4) is 27.7 Å². The fourth-order valence-electron chi connectivity index (χ4n) is 3.49. The molecule has 0 amide bonds. The van der Waals surface area contributed by atoms with Crippen LogP contribution in [0.3, 0.4) is 0 Å². The molecule has 6 heteroatoms. The van der Waals surface area contributed by atoms with E-state index in [0.717, 1.165) is 44.5 Å². The maximum atomic E-state index is 10.7. The molecule has 4 aromatic rings. The molecule has 162 valence electrons. The highest BCUT2D eigenvalue weighted by molar-refractivity contribution is 7.22. The first kappa shape index (κ1) is 21.6. The molecule has 0 unspecified atom stereocenters. The van der Waals surface area contributed by atoms with Crippen molar-refractivity contribution in [2.45, 2.75) is 6.54 Å². The number of thiophene rings is 1. The Labute approximate surface area is 190 Å². The van der Waals surface area contributed by atoms with Crippen molar-refractivity contribution in [2.75, 3.05) is 14.1 Å². The van der Waals surface area contributed by atoms with Gasteiger partial charge in [-0.25, -0.2) is 4.79 Å². The Morgan fingerprint density at radius 1 is 1.06 bits per heavy atom. The van der Waals surface area contributed by atoms with Crippen LogP contribution >= 0.6 is 11.3 Å². The summed E-state index contributed by atoms with van der Waals surface area (Å²) in [5.74, 6) is 0.619. The van der Waals surface area contributed by atoms with Crippen molar-refractivity contribution in [1.29, 1.82) is 0 Å². The number of hydrogen-bond donors (Lipinski definition) is 2. The molecule has 3 aromatic carbocycles. The van der Waals surface area contributed by atoms with E-state index in [2.05, 4.69) is 17.0 Å². The number of phenolic OH excluding ortho intramolecular Hbond substituents is 1. The Morgan fingerprint density at radius 2 is 1.81 bits per heavy atom. The molecular weight excluding hydrogens is 422 g/mol. The fraction of sp³-hybridized carbons (Fsp3) is 0.115. The lowest BCUT2D eigenvalue weighted by Crippen LogP contribution is -2.11. The van der Waals surface area contributed by atoms with E-state index in [9.17, 15) is 9.90 Å². The van der Waals surface area contributed by atoms with Crippen LogP contribution in [0.25, 0.3) is 26.6 Å². The predicted molar refractivity (Wildman–Crippen MR) is 130 cm³/mol. The predicted octanol–water partition coefficient (Wildman–Crippen LogP) is 6.23. The monoisotopic (exact) mass is 445 g/mol. The van der Waals surface area contributed by atoms with Crippen LogP contribution in [-0.2, 0) is 11.3 Å². The number of carbonyl (C=O) groups is 1. The Hall–Kier alpha value is -3.61. The minimum atomic E-state index is -0.987. The number of phenols is 1. The van der Waals surface area contributed by atoms with Crippen LogP contribution in [0.4, 0.5) is 0 Å². The lowest BCUT2D eigenvalue weighted by atomic mass is 10.0. The zero-order valence-corrected chi connectivity index (χ0v) is 18.6. The van der Waals surface area contributed by atoms with E-state index in [1.807, 2.05) is 56.6 Å². The summed E-state index contributed by atoms with van der Waals surface area (Å²) in [6.45, 7) is 0.791. The lowest BCUT2D eigenvalue weighted by Gasteiger charge is -2.15. The largest absolute Gasteiger partial charge is 0.508 e. The van der Waals surface area contributed by atoms with Crippen LogP contribution in [0, 0.1) is 0 Å². The number of hydrogen-bond acceptors (Lipinski definition) is 5. The number of carboxylic acid groups (broad SMARTS) is 1. The van der Waals surface area contributed by atoms with Gasteiger partial charge in [-0.3, -0.25) is 0 Å². The smallest absolute Gasteiger partial charge is 0.328 e. The first-order chi connectivity index (χ1) is 15.4. The van der Waals surface area contributed by atoms with Gasteiger partial charge in [-0.15, -0.1) is 11.3 Å². The van der Waals surface area contributed by atoms with Crippen LogP contribution in [-0.4, -0.2) is 35.2 Å². The first-order valence-electron chi connectivity index (χ1n) is 10.1. The second-order valence-corrected chi connectivity index (χ2v) is 8.73. The molecule has 1 heterocycles. The van der Waals surface area contributed by atoms with E-state index in [1.54, 1.807) is 23.5 Å². The molecule has 0 atom stereocenters. The van der Waals surface area contributed by atoms with Crippen molar-refractivity contribution < 1.29 is 19.7 Å². The number of aliphatic carboxylic acids is 1. The zero-order valence-electron chi connectivity index (χ0n) is 17.8. The number of benzene rings is 3. The topological polar surface area (TPSA) is 70.0 Å². The molecule has 4 rings (SSSR count). The summed E-state index contributed by atoms with van der Waals surface area (Å²) in [6, 6.07) is 20.8. The maximum Gasteiger partial charge on any atom is 0.328 e. The van der Waals surface area contributed by atoms with E-state index >= 15 is 0 Å². The summed E-state index contributed by atoms with van der Waals surface area (Å²) >= 11 is 1.59. The van der Waals surface area contributed by atoms with Gasteiger partial charge in [0.15, 0.2) is 5.75 Å². The minimum absolute atomic E-state index is 0.216. The van der Waals surface area contributed by atoms with Gasteiger partial charge < -0.3 is 19.8 Å². The quantitative estimate of drug-likeness (QED) is 0.330. The van der Waals surface area contributed by atoms with Crippen molar-refractivity contribution in [2.24, 2.45) is 0 Å². The van der Waals surface area contributed by atoms with Gasteiger partial charge in [-0.2, -0.15) is 0 Å². The first-order valence-corrected chi connectivity index (χ1v) is 10.9. The molecule has 2 N–H and O–H groups in total. The molecule has 0 aliphatic rings. The standard InChI is InChI=1S/C26H23NO4S/c1-27(2)16-18-5-3-4-6-21(18)26-25(22-13-10-19(28)15-23(22)32-26)31-20-11-7-17(8-12-20)9-14-24(29)30/h3-15,28H,16H2,1-2H3,(H,29,30). The Kier molecular flexibility index (Phi) is 6.25. The third kappa shape index (κ3) is 4.82. The number of nitrogens with zero attached hydrogens (tertiary/aromatic N) is 1. The summed E-state index contributed by atoms with van der Waals surface area (Å²) < 4.78 is 7.31. The molecular formula is C26H23NO4S. The van der Waals surface area contributed by atoms with E-state index in [-0.39, 0.29) is 5.75 Å². The average Bonchev–Trinajstić information content (AvgIpc) is 3.10. The highest BCUT2D eigenvalue weighted by Gasteiger charge is 2.19. The van der Waals surface area contributed by atoms with Crippen molar-refractivity contribution in [3.63, 3.8) is 0 Å². The molecule has 0 saturated carbocycles. The van der Waals surface area contributed by atoms with Crippen LogP contribution < -0.4 is 4.74 Å². The normalized spacial score (nSPS) is 11.5. The lowest BCUT2D eigenvalue weighted by molar-refractivity contribution is -0.131. The van der Waals surface area contributed by atoms with Gasteiger partial charge in [0, 0.05) is 22.7 Å². The SMILES string of the molecule is CN(C)Cc1ccccc1-c1sc2cc(O)ccc2c1Oc1ccc(C=CC(=O)O)cc1. The molecule has 0 aliphatic heterocycles. The van der Waals surface area contributed by atoms with Crippen LogP contribution in [0.5, 0.6) is 17.2 Å². The molecule has 0 aliphatic carbocycles. The van der Waals surface area contributed by atoms with Gasteiger partial charge in [-0.1, -0.05) is 36.4 Å². The number of aromatic hydroxyl groups is 1. The van der Waals surface area contributed by atoms with E-state index < -0.39 is 5.97 Å². The third-order valence-corrected chi connectivity index (χ3v) is 6.06. The van der Waals surface area contributed by atoms with Gasteiger partial charge in [0.2, 0.25) is 0 Å². The highest BCUT2D eigenvalue weighted by Crippen LogP contribution is 2.48. The summed E-state index contributed by atoms with van der Waals surface area (Å²) in [6.07, 6.45) is 2.65. The number of carboxylic acids is 1. The molecule has 1 aromatic heterocycles. The van der Waals surface area contributed by atoms with Crippen LogP contribution in [0.15, 0.2) is 72.8 Å². The van der Waals surface area contributed by atoms with Crippen LogP contribution in [0.2, 0.25) is 0 Å². The van der Waals surface area contributed by atoms with Gasteiger partial charge in [0.25, 0.3) is 0 Å². The third-order valence-electron chi connectivity index (χ3n) is 4.90. The Morgan fingerprint density at radius 3 is 2.53 bits per heavy atom. The fourth-order valence-corrected chi connectivity index (χ4v) is 4.72. The van der Waals surface area contributed by atoms with Crippen molar-refractivity contribution in [1.82, 2.24) is 4.90 Å². The van der Waals surface area contributed by atoms with Gasteiger partial charge >= 0.3 is 5.97 Å².